The van der Waals surface area contributed by atoms with Gasteiger partial charge in [0.2, 0.25) is 0 Å². The van der Waals surface area contributed by atoms with Crippen molar-refractivity contribution < 1.29 is 4.74 Å². The van der Waals surface area contributed by atoms with Gasteiger partial charge in [-0.05, 0) is 69.3 Å². The first kappa shape index (κ1) is 19.9. The summed E-state index contributed by atoms with van der Waals surface area (Å²) >= 11 is 0. The molecule has 0 amide bonds. The van der Waals surface area contributed by atoms with Crippen LogP contribution in [0.1, 0.15) is 29.8 Å². The van der Waals surface area contributed by atoms with E-state index in [0.717, 1.165) is 31.8 Å². The number of hydrogen-bond acceptors (Lipinski definition) is 4. The van der Waals surface area contributed by atoms with Crippen molar-refractivity contribution >= 4 is 10.9 Å². The summed E-state index contributed by atoms with van der Waals surface area (Å²) < 4.78 is 5.40. The van der Waals surface area contributed by atoms with Crippen molar-refractivity contribution in [2.75, 3.05) is 33.8 Å². The molecule has 0 bridgehead atoms. The third-order valence-corrected chi connectivity index (χ3v) is 6.30. The van der Waals surface area contributed by atoms with Crippen LogP contribution in [0.15, 0.2) is 42.6 Å². The Kier molecular flexibility index (Phi) is 6.16. The van der Waals surface area contributed by atoms with Gasteiger partial charge in [0.25, 0.3) is 0 Å². The Morgan fingerprint density at radius 1 is 1.28 bits per heavy atom. The van der Waals surface area contributed by atoms with Gasteiger partial charge in [0.05, 0.1) is 7.11 Å². The molecule has 1 N–H and O–H groups in total. The summed E-state index contributed by atoms with van der Waals surface area (Å²) in [5, 5.41) is 1.26. The lowest BCUT2D eigenvalue weighted by Crippen LogP contribution is -2.46. The molecule has 29 heavy (non-hydrogen) atoms. The van der Waals surface area contributed by atoms with Crippen LogP contribution in [0.25, 0.3) is 10.9 Å². The average Bonchev–Trinajstić information content (AvgIpc) is 3.07. The molecule has 5 nitrogen and oxygen atoms in total. The first-order valence-corrected chi connectivity index (χ1v) is 10.6. The van der Waals surface area contributed by atoms with Crippen LogP contribution in [0.3, 0.4) is 0 Å². The van der Waals surface area contributed by atoms with Gasteiger partial charge >= 0.3 is 0 Å². The van der Waals surface area contributed by atoms with Crippen LogP contribution in [0.4, 0.5) is 0 Å². The van der Waals surface area contributed by atoms with Crippen LogP contribution in [0.2, 0.25) is 0 Å². The normalized spacial score (nSPS) is 17.9. The minimum absolute atomic E-state index is 0.609. The number of likely N-dealkylation sites (N-methyl/N-ethyl adjacent to an activating group) is 1. The number of pyridine rings is 1. The van der Waals surface area contributed by atoms with Crippen molar-refractivity contribution in [2.45, 2.75) is 38.8 Å². The summed E-state index contributed by atoms with van der Waals surface area (Å²) in [5.41, 5.74) is 5.03. The molecule has 1 aliphatic rings. The van der Waals surface area contributed by atoms with Crippen LogP contribution in [0, 0.1) is 6.92 Å². The molecule has 0 aliphatic carbocycles. The lowest BCUT2D eigenvalue weighted by molar-refractivity contribution is 0.111. The lowest BCUT2D eigenvalue weighted by Gasteiger charge is -2.37. The number of benzene rings is 1. The first-order chi connectivity index (χ1) is 14.1. The smallest absolute Gasteiger partial charge is 0.119 e. The minimum atomic E-state index is 0.609. The van der Waals surface area contributed by atoms with Gasteiger partial charge in [-0.1, -0.05) is 6.07 Å². The molecule has 1 aromatic carbocycles. The van der Waals surface area contributed by atoms with E-state index in [9.17, 15) is 0 Å². The van der Waals surface area contributed by atoms with Crippen LogP contribution < -0.4 is 4.74 Å². The molecule has 1 atom stereocenters. The van der Waals surface area contributed by atoms with Gasteiger partial charge in [0.15, 0.2) is 0 Å². The maximum atomic E-state index is 5.40. The third-order valence-electron chi connectivity index (χ3n) is 6.30. The highest BCUT2D eigenvalue weighted by Gasteiger charge is 2.24. The zero-order valence-corrected chi connectivity index (χ0v) is 17.8. The molecule has 0 unspecified atom stereocenters. The van der Waals surface area contributed by atoms with Crippen molar-refractivity contribution in [3.63, 3.8) is 0 Å². The fraction of sp³-hybridized carbons (Fsp3) is 0.458. The van der Waals surface area contributed by atoms with Crippen molar-refractivity contribution in [2.24, 2.45) is 0 Å². The summed E-state index contributed by atoms with van der Waals surface area (Å²) in [6, 6.07) is 13.1. The number of likely N-dealkylation sites (tertiary alicyclic amines) is 1. The second-order valence-electron chi connectivity index (χ2n) is 8.22. The average molecular weight is 393 g/mol. The molecule has 4 rings (SSSR count). The standard InChI is InChI=1S/C24H32N4O/c1-18-22-15-21(29-3)9-10-23(22)26-24(18)17-28-13-6-8-20(16-28)27(2)14-11-19-7-4-5-12-25-19/h4-5,7,9-10,12,15,20,26H,6,8,11,13-14,16-17H2,1-3H3/t20-/m1/s1. The fourth-order valence-corrected chi connectivity index (χ4v) is 4.42. The number of fused-ring (bicyclic) bond motifs is 1. The molecule has 3 heterocycles. The Morgan fingerprint density at radius 2 is 2.17 bits per heavy atom. The topological polar surface area (TPSA) is 44.4 Å². The Bertz CT molecular complexity index is 937. The number of H-pyrrole nitrogens is 1. The van der Waals surface area contributed by atoms with Gasteiger partial charge in [-0.15, -0.1) is 0 Å². The van der Waals surface area contributed by atoms with E-state index in [1.165, 1.54) is 47.2 Å². The molecule has 1 fully saturated rings. The number of methoxy groups -OCH3 is 1. The van der Waals surface area contributed by atoms with E-state index in [0.29, 0.717) is 6.04 Å². The van der Waals surface area contributed by atoms with E-state index in [4.69, 9.17) is 4.74 Å². The molecule has 0 saturated carbocycles. The second kappa shape index (κ2) is 8.97. The number of nitrogens with one attached hydrogen (secondary N) is 1. The summed E-state index contributed by atoms with van der Waals surface area (Å²) in [7, 11) is 3.99. The van der Waals surface area contributed by atoms with Gasteiger partial charge < -0.3 is 14.6 Å². The van der Waals surface area contributed by atoms with E-state index >= 15 is 0 Å². The monoisotopic (exact) mass is 392 g/mol. The van der Waals surface area contributed by atoms with E-state index < -0.39 is 0 Å². The van der Waals surface area contributed by atoms with Crippen LogP contribution >= 0.6 is 0 Å². The quantitative estimate of drug-likeness (QED) is 0.660. The minimum Gasteiger partial charge on any atom is -0.497 e. The zero-order valence-electron chi connectivity index (χ0n) is 17.8. The van der Waals surface area contributed by atoms with Crippen LogP contribution in [-0.2, 0) is 13.0 Å². The third kappa shape index (κ3) is 4.62. The highest BCUT2D eigenvalue weighted by atomic mass is 16.5. The summed E-state index contributed by atoms with van der Waals surface area (Å²) in [6.07, 6.45) is 5.43. The van der Waals surface area contributed by atoms with E-state index in [1.54, 1.807) is 7.11 Å². The number of aromatic nitrogens is 2. The molecule has 5 heteroatoms. The number of hydrogen-bond donors (Lipinski definition) is 1. The van der Waals surface area contributed by atoms with Gasteiger partial charge in [-0.3, -0.25) is 9.88 Å². The van der Waals surface area contributed by atoms with E-state index in [-0.39, 0.29) is 0 Å². The predicted molar refractivity (Wildman–Crippen MR) is 118 cm³/mol. The summed E-state index contributed by atoms with van der Waals surface area (Å²) in [4.78, 5) is 13.2. The number of ether oxygens (including phenoxy) is 1. The maximum Gasteiger partial charge on any atom is 0.119 e. The Morgan fingerprint density at radius 3 is 2.97 bits per heavy atom. The highest BCUT2D eigenvalue weighted by Crippen LogP contribution is 2.27. The molecule has 3 aromatic rings. The summed E-state index contributed by atoms with van der Waals surface area (Å²) in [6.45, 7) is 6.54. The second-order valence-corrected chi connectivity index (χ2v) is 8.22. The van der Waals surface area contributed by atoms with Gasteiger partial charge in [-0.25, -0.2) is 0 Å². The maximum absolute atomic E-state index is 5.40. The molecule has 0 spiro atoms. The van der Waals surface area contributed by atoms with Crippen LogP contribution in [0.5, 0.6) is 5.75 Å². The largest absolute Gasteiger partial charge is 0.497 e. The summed E-state index contributed by atoms with van der Waals surface area (Å²) in [5.74, 6) is 0.915. The predicted octanol–water partition coefficient (Wildman–Crippen LogP) is 4.02. The van der Waals surface area contributed by atoms with Gasteiger partial charge in [0, 0.05) is 60.6 Å². The van der Waals surface area contributed by atoms with Crippen molar-refractivity contribution in [3.05, 3.63) is 59.5 Å². The first-order valence-electron chi connectivity index (χ1n) is 10.6. The number of aryl methyl sites for hydroxylation is 1. The number of aromatic amines is 1. The molecule has 1 aliphatic heterocycles. The Balaban J connectivity index is 1.38. The van der Waals surface area contributed by atoms with Gasteiger partial charge in [-0.2, -0.15) is 0 Å². The Labute approximate surface area is 173 Å². The molecular weight excluding hydrogens is 360 g/mol. The van der Waals surface area contributed by atoms with E-state index in [2.05, 4.69) is 58.0 Å². The van der Waals surface area contributed by atoms with Crippen molar-refractivity contribution in [3.8, 4) is 5.75 Å². The highest BCUT2D eigenvalue weighted by molar-refractivity contribution is 5.85. The number of nitrogens with zero attached hydrogens (tertiary/aromatic N) is 3. The molecule has 154 valence electrons. The lowest BCUT2D eigenvalue weighted by atomic mass is 10.0. The Hall–Kier alpha value is -2.37. The molecule has 1 saturated heterocycles. The number of rotatable bonds is 7. The van der Waals surface area contributed by atoms with Gasteiger partial charge in [0.1, 0.15) is 5.75 Å². The zero-order chi connectivity index (χ0) is 20.2. The fourth-order valence-electron chi connectivity index (χ4n) is 4.42. The molecular formula is C24H32N4O. The van der Waals surface area contributed by atoms with Crippen molar-refractivity contribution in [1.29, 1.82) is 0 Å². The molecule has 0 radical (unpaired) electrons. The number of piperidine rings is 1. The van der Waals surface area contributed by atoms with E-state index in [1.807, 2.05) is 18.3 Å². The van der Waals surface area contributed by atoms with Crippen LogP contribution in [-0.4, -0.2) is 59.6 Å². The molecule has 2 aromatic heterocycles. The van der Waals surface area contributed by atoms with Crippen molar-refractivity contribution in [1.82, 2.24) is 19.8 Å². The SMILES string of the molecule is COc1ccc2[nH]c(CN3CCC[C@@H](N(C)CCc4ccccn4)C3)c(C)c2c1.